The van der Waals surface area contributed by atoms with Crippen molar-refractivity contribution in [1.82, 2.24) is 4.90 Å². The molecule has 126 valence electrons. The van der Waals surface area contributed by atoms with Crippen molar-refractivity contribution in [2.75, 3.05) is 31.3 Å². The molecule has 6 heteroatoms. The molecule has 0 aromatic heterocycles. The maximum atomic E-state index is 12.1. The zero-order valence-electron chi connectivity index (χ0n) is 13.9. The number of hydrogen-bond donors (Lipinski definition) is 2. The summed E-state index contributed by atoms with van der Waals surface area (Å²) in [7, 11) is 3.40. The van der Waals surface area contributed by atoms with Gasteiger partial charge in [-0.3, -0.25) is 9.59 Å². The highest BCUT2D eigenvalue weighted by molar-refractivity contribution is 6.31. The molecular formula is C18H20ClN3O2. The van der Waals surface area contributed by atoms with E-state index in [4.69, 9.17) is 11.6 Å². The average molecular weight is 346 g/mol. The molecule has 2 amide bonds. The second-order valence-electron chi connectivity index (χ2n) is 5.64. The highest BCUT2D eigenvalue weighted by Crippen LogP contribution is 2.20. The zero-order valence-corrected chi connectivity index (χ0v) is 14.6. The van der Waals surface area contributed by atoms with Gasteiger partial charge in [-0.05, 0) is 42.8 Å². The van der Waals surface area contributed by atoms with Crippen LogP contribution < -0.4 is 10.6 Å². The maximum Gasteiger partial charge on any atom is 0.253 e. The number of anilines is 2. The van der Waals surface area contributed by atoms with Crippen LogP contribution in [0.1, 0.15) is 15.9 Å². The summed E-state index contributed by atoms with van der Waals surface area (Å²) >= 11 is 5.94. The third-order valence-electron chi connectivity index (χ3n) is 3.44. The van der Waals surface area contributed by atoms with Gasteiger partial charge in [0.2, 0.25) is 5.91 Å². The first-order valence-electron chi connectivity index (χ1n) is 7.48. The Balaban J connectivity index is 1.98. The Morgan fingerprint density at radius 1 is 1.12 bits per heavy atom. The molecule has 2 rings (SSSR count). The molecule has 0 spiro atoms. The van der Waals surface area contributed by atoms with Crippen molar-refractivity contribution in [2.24, 2.45) is 0 Å². The van der Waals surface area contributed by atoms with Gasteiger partial charge in [-0.25, -0.2) is 0 Å². The number of amides is 2. The largest absolute Gasteiger partial charge is 0.376 e. The second-order valence-corrected chi connectivity index (χ2v) is 6.08. The van der Waals surface area contributed by atoms with Gasteiger partial charge in [-0.15, -0.1) is 0 Å². The molecule has 2 aromatic carbocycles. The maximum absolute atomic E-state index is 12.1. The van der Waals surface area contributed by atoms with Gasteiger partial charge in [0.25, 0.3) is 5.91 Å². The Labute approximate surface area is 146 Å². The molecule has 0 radical (unpaired) electrons. The van der Waals surface area contributed by atoms with Gasteiger partial charge in [0.05, 0.1) is 6.54 Å². The Kier molecular flexibility index (Phi) is 5.82. The summed E-state index contributed by atoms with van der Waals surface area (Å²) < 4.78 is 0. The first-order valence-corrected chi connectivity index (χ1v) is 7.86. The van der Waals surface area contributed by atoms with Crippen molar-refractivity contribution in [3.63, 3.8) is 0 Å². The van der Waals surface area contributed by atoms with Crippen LogP contribution in [-0.4, -0.2) is 37.4 Å². The van der Waals surface area contributed by atoms with Crippen LogP contribution >= 0.6 is 11.6 Å². The third kappa shape index (κ3) is 4.73. The van der Waals surface area contributed by atoms with Gasteiger partial charge < -0.3 is 15.5 Å². The van der Waals surface area contributed by atoms with E-state index in [0.717, 1.165) is 5.56 Å². The van der Waals surface area contributed by atoms with Crippen LogP contribution in [0.15, 0.2) is 42.5 Å². The van der Waals surface area contributed by atoms with Crippen molar-refractivity contribution in [3.05, 3.63) is 58.6 Å². The highest BCUT2D eigenvalue weighted by atomic mass is 35.5. The van der Waals surface area contributed by atoms with Crippen molar-refractivity contribution in [3.8, 4) is 0 Å². The summed E-state index contributed by atoms with van der Waals surface area (Å²) in [6, 6.07) is 12.4. The van der Waals surface area contributed by atoms with Gasteiger partial charge in [-0.1, -0.05) is 23.7 Å². The molecule has 5 nitrogen and oxygen atoms in total. The lowest BCUT2D eigenvalue weighted by Crippen LogP contribution is -2.23. The minimum Gasteiger partial charge on any atom is -0.376 e. The number of carbonyl (C=O) groups excluding carboxylic acids is 2. The minimum atomic E-state index is -0.190. The molecule has 0 saturated carbocycles. The molecule has 0 unspecified atom stereocenters. The number of rotatable bonds is 5. The Hall–Kier alpha value is -2.53. The summed E-state index contributed by atoms with van der Waals surface area (Å²) in [6.45, 7) is 1.99. The van der Waals surface area contributed by atoms with E-state index < -0.39 is 0 Å². The van der Waals surface area contributed by atoms with Crippen LogP contribution in [0, 0.1) is 6.92 Å². The number of carbonyl (C=O) groups is 2. The molecular weight excluding hydrogens is 326 g/mol. The number of nitrogens with zero attached hydrogens (tertiary/aromatic N) is 1. The second kappa shape index (κ2) is 7.84. The van der Waals surface area contributed by atoms with Gasteiger partial charge in [0.1, 0.15) is 0 Å². The predicted molar refractivity (Wildman–Crippen MR) is 97.8 cm³/mol. The lowest BCUT2D eigenvalue weighted by Gasteiger charge is -2.13. The van der Waals surface area contributed by atoms with E-state index in [-0.39, 0.29) is 18.4 Å². The molecule has 0 aliphatic rings. The average Bonchev–Trinajstić information content (AvgIpc) is 2.56. The Morgan fingerprint density at radius 2 is 1.88 bits per heavy atom. The van der Waals surface area contributed by atoms with E-state index in [1.807, 2.05) is 19.1 Å². The lowest BCUT2D eigenvalue weighted by atomic mass is 10.2. The number of nitrogens with one attached hydrogen (secondary N) is 2. The van der Waals surface area contributed by atoms with Crippen molar-refractivity contribution >= 4 is 34.8 Å². The molecule has 0 saturated heterocycles. The molecule has 0 fully saturated rings. The quantitative estimate of drug-likeness (QED) is 0.873. The lowest BCUT2D eigenvalue weighted by molar-refractivity contribution is -0.114. The molecule has 0 aliphatic carbocycles. The van der Waals surface area contributed by atoms with Crippen LogP contribution in [0.4, 0.5) is 11.4 Å². The predicted octanol–water partition coefficient (Wildman–Crippen LogP) is 3.40. The molecule has 2 N–H and O–H groups in total. The van der Waals surface area contributed by atoms with Crippen molar-refractivity contribution in [2.45, 2.75) is 6.92 Å². The molecule has 24 heavy (non-hydrogen) atoms. The van der Waals surface area contributed by atoms with Crippen molar-refractivity contribution in [1.29, 1.82) is 0 Å². The van der Waals surface area contributed by atoms with E-state index in [9.17, 15) is 9.59 Å². The summed E-state index contributed by atoms with van der Waals surface area (Å²) in [5.41, 5.74) is 2.90. The summed E-state index contributed by atoms with van der Waals surface area (Å²) in [4.78, 5) is 25.5. The van der Waals surface area contributed by atoms with Gasteiger partial charge >= 0.3 is 0 Å². The monoisotopic (exact) mass is 345 g/mol. The van der Waals surface area contributed by atoms with Crippen LogP contribution in [0.2, 0.25) is 5.02 Å². The van der Waals surface area contributed by atoms with E-state index >= 15 is 0 Å². The zero-order chi connectivity index (χ0) is 17.7. The summed E-state index contributed by atoms with van der Waals surface area (Å²) in [5.74, 6) is -0.276. The minimum absolute atomic E-state index is 0.0855. The normalized spacial score (nSPS) is 10.2. The highest BCUT2D eigenvalue weighted by Gasteiger charge is 2.09. The molecule has 0 bridgehead atoms. The van der Waals surface area contributed by atoms with E-state index in [0.29, 0.717) is 22.0 Å². The van der Waals surface area contributed by atoms with E-state index in [2.05, 4.69) is 10.6 Å². The first kappa shape index (κ1) is 17.8. The molecule has 0 atom stereocenters. The van der Waals surface area contributed by atoms with Crippen LogP contribution in [0.5, 0.6) is 0 Å². The summed E-state index contributed by atoms with van der Waals surface area (Å²) in [5, 5.41) is 6.40. The van der Waals surface area contributed by atoms with Crippen LogP contribution in [0.25, 0.3) is 0 Å². The first-order chi connectivity index (χ1) is 11.4. The fraction of sp³-hybridized carbons (Fsp3) is 0.222. The Bertz CT molecular complexity index is 760. The van der Waals surface area contributed by atoms with Crippen LogP contribution in [0.3, 0.4) is 0 Å². The Morgan fingerprint density at radius 3 is 2.58 bits per heavy atom. The molecule has 2 aromatic rings. The number of hydrogen-bond acceptors (Lipinski definition) is 3. The molecule has 0 heterocycles. The smallest absolute Gasteiger partial charge is 0.253 e. The fourth-order valence-electron chi connectivity index (χ4n) is 2.13. The SMILES string of the molecule is Cc1ccc(Cl)cc1NC(=O)CNc1cccc(C(=O)N(C)C)c1. The van der Waals surface area contributed by atoms with Crippen molar-refractivity contribution < 1.29 is 9.59 Å². The standard InChI is InChI=1S/C18H20ClN3O2/c1-12-7-8-14(19)10-16(12)21-17(23)11-20-15-6-4-5-13(9-15)18(24)22(2)3/h4-10,20H,11H2,1-3H3,(H,21,23). The van der Waals surface area contributed by atoms with E-state index in [1.54, 1.807) is 44.4 Å². The van der Waals surface area contributed by atoms with Gasteiger partial charge in [-0.2, -0.15) is 0 Å². The summed E-state index contributed by atoms with van der Waals surface area (Å²) in [6.07, 6.45) is 0. The number of benzene rings is 2. The number of halogens is 1. The number of aryl methyl sites for hydroxylation is 1. The van der Waals surface area contributed by atoms with Crippen LogP contribution in [-0.2, 0) is 4.79 Å². The van der Waals surface area contributed by atoms with E-state index in [1.165, 1.54) is 4.90 Å². The van der Waals surface area contributed by atoms with Gasteiger partial charge in [0.15, 0.2) is 0 Å². The topological polar surface area (TPSA) is 61.4 Å². The fourth-order valence-corrected chi connectivity index (χ4v) is 2.30. The van der Waals surface area contributed by atoms with Gasteiger partial charge in [0, 0.05) is 36.1 Å². The third-order valence-corrected chi connectivity index (χ3v) is 3.68. The molecule has 0 aliphatic heterocycles.